The number of thioether (sulfide) groups is 1. The molecule has 0 spiro atoms. The normalized spacial score (nSPS) is 11.3. The Morgan fingerprint density at radius 1 is 1.30 bits per heavy atom. The topological polar surface area (TPSA) is 73.0 Å². The van der Waals surface area contributed by atoms with Crippen molar-refractivity contribution in [2.24, 2.45) is 0 Å². The molecule has 27 heavy (non-hydrogen) atoms. The van der Waals surface area contributed by atoms with Crippen molar-refractivity contribution in [3.8, 4) is 11.3 Å². The second-order valence-electron chi connectivity index (χ2n) is 5.43. The van der Waals surface area contributed by atoms with Gasteiger partial charge >= 0.3 is 0 Å². The Morgan fingerprint density at radius 3 is 2.85 bits per heavy atom. The molecular weight excluding hydrogens is 407 g/mol. The lowest BCUT2D eigenvalue weighted by molar-refractivity contribution is -0.112. The highest BCUT2D eigenvalue weighted by Gasteiger charge is 2.11. The molecule has 0 fully saturated rings. The minimum atomic E-state index is -0.321. The van der Waals surface area contributed by atoms with Crippen LogP contribution in [0.3, 0.4) is 0 Å². The van der Waals surface area contributed by atoms with Gasteiger partial charge in [0, 0.05) is 16.7 Å². The maximum atomic E-state index is 12.2. The summed E-state index contributed by atoms with van der Waals surface area (Å²) < 4.78 is 7.29. The van der Waals surface area contributed by atoms with E-state index in [1.54, 1.807) is 48.0 Å². The van der Waals surface area contributed by atoms with Crippen LogP contribution < -0.4 is 5.43 Å². The summed E-state index contributed by atoms with van der Waals surface area (Å²) in [6, 6.07) is 8.71. The minimum absolute atomic E-state index is 0.321. The molecule has 6 nitrogen and oxygen atoms in total. The molecule has 0 aliphatic rings. The van der Waals surface area contributed by atoms with E-state index >= 15 is 0 Å². The third kappa shape index (κ3) is 4.74. The molecule has 0 bridgehead atoms. The molecule has 1 N–H and O–H groups in total. The van der Waals surface area contributed by atoms with Gasteiger partial charge in [-0.1, -0.05) is 41.9 Å². The quantitative estimate of drug-likeness (QED) is 0.444. The van der Waals surface area contributed by atoms with Crippen LogP contribution in [0.15, 0.2) is 46.0 Å². The van der Waals surface area contributed by atoms with Gasteiger partial charge in [-0.25, -0.2) is 4.68 Å². The van der Waals surface area contributed by atoms with Crippen LogP contribution in [0.1, 0.15) is 18.5 Å². The summed E-state index contributed by atoms with van der Waals surface area (Å²) in [6.07, 6.45) is 2.96. The maximum Gasteiger partial charge on any atom is 0.263 e. The van der Waals surface area contributed by atoms with Gasteiger partial charge in [-0.2, -0.15) is 0 Å². The molecular formula is C18H16Cl2N4O2S. The fourth-order valence-corrected chi connectivity index (χ4v) is 3.44. The summed E-state index contributed by atoms with van der Waals surface area (Å²) in [5.41, 5.74) is 3.46. The highest BCUT2D eigenvalue weighted by atomic mass is 35.5. The van der Waals surface area contributed by atoms with Gasteiger partial charge in [-0.3, -0.25) is 10.2 Å². The van der Waals surface area contributed by atoms with Gasteiger partial charge in [0.15, 0.2) is 0 Å². The Kier molecular flexibility index (Phi) is 6.26. The number of hydrogen-bond acceptors (Lipinski definition) is 5. The molecule has 0 aliphatic heterocycles. The van der Waals surface area contributed by atoms with E-state index in [2.05, 4.69) is 15.6 Å². The largest absolute Gasteiger partial charge is 0.457 e. The molecule has 0 atom stereocenters. The van der Waals surface area contributed by atoms with Gasteiger partial charge in [-0.15, -0.1) is 10.2 Å². The molecule has 1 aromatic carbocycles. The average Bonchev–Trinajstić information content (AvgIpc) is 3.22. The highest BCUT2D eigenvalue weighted by Crippen LogP contribution is 2.31. The van der Waals surface area contributed by atoms with E-state index in [0.29, 0.717) is 32.5 Å². The number of hydrogen-bond donors (Lipinski definition) is 1. The molecule has 0 saturated heterocycles. The third-order valence-electron chi connectivity index (χ3n) is 3.51. The first-order chi connectivity index (χ1) is 13.0. The van der Waals surface area contributed by atoms with Crippen molar-refractivity contribution in [1.82, 2.24) is 14.9 Å². The van der Waals surface area contributed by atoms with E-state index in [9.17, 15) is 4.79 Å². The van der Waals surface area contributed by atoms with Crippen molar-refractivity contribution in [2.75, 3.05) is 11.2 Å². The second-order valence-corrected chi connectivity index (χ2v) is 7.51. The average molecular weight is 423 g/mol. The van der Waals surface area contributed by atoms with Crippen LogP contribution in [-0.2, 0) is 4.79 Å². The number of rotatable bonds is 6. The first-order valence-corrected chi connectivity index (χ1v) is 9.81. The summed E-state index contributed by atoms with van der Waals surface area (Å²) >= 11 is 13.6. The van der Waals surface area contributed by atoms with Crippen molar-refractivity contribution in [3.05, 3.63) is 58.0 Å². The van der Waals surface area contributed by atoms with E-state index in [-0.39, 0.29) is 5.91 Å². The van der Waals surface area contributed by atoms with Crippen LogP contribution in [0, 0.1) is 6.92 Å². The fraction of sp³-hybridized carbons (Fsp3) is 0.167. The SMILES string of the molecule is CCSc1nnc(C)n1NC(=O)C=Cc1ccc(-c2ccc(Cl)cc2Cl)o1. The predicted octanol–water partition coefficient (Wildman–Crippen LogP) is 5.05. The molecule has 0 unspecified atom stereocenters. The molecule has 3 rings (SSSR count). The summed E-state index contributed by atoms with van der Waals surface area (Å²) in [5, 5.41) is 9.68. The highest BCUT2D eigenvalue weighted by molar-refractivity contribution is 7.99. The predicted molar refractivity (Wildman–Crippen MR) is 109 cm³/mol. The van der Waals surface area contributed by atoms with E-state index in [4.69, 9.17) is 27.6 Å². The number of halogens is 2. The standard InChI is InChI=1S/C18H16Cl2N4O2S/c1-3-27-18-22-21-11(2)24(18)23-17(25)9-6-13-5-8-16(26-13)14-7-4-12(19)10-15(14)20/h4-10H,3H2,1-2H3,(H,23,25). The van der Waals surface area contributed by atoms with E-state index in [0.717, 1.165) is 11.3 Å². The summed E-state index contributed by atoms with van der Waals surface area (Å²) in [7, 11) is 0. The molecule has 0 saturated carbocycles. The molecule has 9 heteroatoms. The van der Waals surface area contributed by atoms with Crippen molar-refractivity contribution < 1.29 is 9.21 Å². The van der Waals surface area contributed by atoms with Gasteiger partial charge in [0.25, 0.3) is 5.91 Å². The zero-order chi connectivity index (χ0) is 19.4. The molecule has 140 valence electrons. The number of furan rings is 1. The molecule has 0 aliphatic carbocycles. The van der Waals surface area contributed by atoms with Crippen molar-refractivity contribution in [3.63, 3.8) is 0 Å². The molecule has 2 heterocycles. The van der Waals surface area contributed by atoms with Gasteiger partial charge in [0.1, 0.15) is 17.3 Å². The van der Waals surface area contributed by atoms with Crippen molar-refractivity contribution >= 4 is 46.9 Å². The van der Waals surface area contributed by atoms with Crippen LogP contribution in [0.2, 0.25) is 10.0 Å². The molecule has 2 aromatic heterocycles. The van der Waals surface area contributed by atoms with E-state index < -0.39 is 0 Å². The number of benzene rings is 1. The maximum absolute atomic E-state index is 12.2. The van der Waals surface area contributed by atoms with Gasteiger partial charge in [0.05, 0.1) is 5.02 Å². The van der Waals surface area contributed by atoms with Crippen molar-refractivity contribution in [1.29, 1.82) is 0 Å². The lowest BCUT2D eigenvalue weighted by atomic mass is 10.2. The first kappa shape index (κ1) is 19.5. The van der Waals surface area contributed by atoms with Gasteiger partial charge < -0.3 is 4.42 Å². The van der Waals surface area contributed by atoms with Crippen molar-refractivity contribution in [2.45, 2.75) is 19.0 Å². The Hall–Kier alpha value is -2.22. The Bertz CT molecular complexity index is 997. The number of carbonyl (C=O) groups is 1. The van der Waals surface area contributed by atoms with Gasteiger partial charge in [-0.05, 0) is 49.1 Å². The molecule has 3 aromatic rings. The Labute approximate surface area is 170 Å². The number of aromatic nitrogens is 3. The summed E-state index contributed by atoms with van der Waals surface area (Å²) in [6.45, 7) is 3.77. The summed E-state index contributed by atoms with van der Waals surface area (Å²) in [5.74, 6) is 2.22. The second kappa shape index (κ2) is 8.65. The molecule has 0 radical (unpaired) electrons. The van der Waals surface area contributed by atoms with Crippen LogP contribution in [0.25, 0.3) is 17.4 Å². The minimum Gasteiger partial charge on any atom is -0.457 e. The third-order valence-corrected chi connectivity index (χ3v) is 4.87. The van der Waals surface area contributed by atoms with E-state index in [1.807, 2.05) is 6.92 Å². The van der Waals surface area contributed by atoms with Crippen LogP contribution in [0.5, 0.6) is 0 Å². The van der Waals surface area contributed by atoms with Crippen LogP contribution >= 0.6 is 35.0 Å². The monoisotopic (exact) mass is 422 g/mol. The Balaban J connectivity index is 1.71. The van der Waals surface area contributed by atoms with Crippen LogP contribution in [0.4, 0.5) is 0 Å². The lowest BCUT2D eigenvalue weighted by Gasteiger charge is -2.07. The smallest absolute Gasteiger partial charge is 0.263 e. The zero-order valence-electron chi connectivity index (χ0n) is 14.6. The molecule has 1 amide bonds. The van der Waals surface area contributed by atoms with Crippen LogP contribution in [-0.4, -0.2) is 26.5 Å². The lowest BCUT2D eigenvalue weighted by Crippen LogP contribution is -2.22. The number of amides is 1. The number of nitrogens with zero attached hydrogens (tertiary/aromatic N) is 3. The van der Waals surface area contributed by atoms with Gasteiger partial charge in [0.2, 0.25) is 5.16 Å². The Morgan fingerprint density at radius 2 is 2.11 bits per heavy atom. The zero-order valence-corrected chi connectivity index (χ0v) is 16.9. The summed E-state index contributed by atoms with van der Waals surface area (Å²) in [4.78, 5) is 12.2. The fourth-order valence-electron chi connectivity index (χ4n) is 2.28. The number of carbonyl (C=O) groups excluding carboxylic acids is 1. The van der Waals surface area contributed by atoms with E-state index in [1.165, 1.54) is 17.8 Å². The number of nitrogens with one attached hydrogen (secondary N) is 1. The first-order valence-electron chi connectivity index (χ1n) is 8.07. The number of aryl methyl sites for hydroxylation is 1.